The van der Waals surface area contributed by atoms with Crippen molar-refractivity contribution in [1.82, 2.24) is 4.98 Å². The molecule has 0 saturated carbocycles. The fraction of sp³-hybridized carbons (Fsp3) is 0.357. The number of aryl methyl sites for hydroxylation is 1. The molecule has 0 aromatic carbocycles. The van der Waals surface area contributed by atoms with Gasteiger partial charge in [-0.2, -0.15) is 0 Å². The Kier molecular flexibility index (Phi) is 4.20. The van der Waals surface area contributed by atoms with Crippen LogP contribution in [0.2, 0.25) is 5.15 Å². The SMILES string of the molecule is Cc1cc(C(O)C2=CCCCC2=O)c(Cl)nc1C(=O)O. The van der Waals surface area contributed by atoms with Crippen LogP contribution >= 0.6 is 11.6 Å². The Balaban J connectivity index is 2.43. The van der Waals surface area contributed by atoms with Gasteiger partial charge in [0.2, 0.25) is 0 Å². The molecule has 0 radical (unpaired) electrons. The van der Waals surface area contributed by atoms with Crippen LogP contribution in [0.5, 0.6) is 0 Å². The Morgan fingerprint density at radius 1 is 1.50 bits per heavy atom. The molecule has 1 heterocycles. The maximum atomic E-state index is 11.8. The third-order valence-corrected chi connectivity index (χ3v) is 3.58. The van der Waals surface area contributed by atoms with Gasteiger partial charge in [0.1, 0.15) is 11.3 Å². The van der Waals surface area contributed by atoms with Gasteiger partial charge in [-0.1, -0.05) is 17.7 Å². The number of carbonyl (C=O) groups is 2. The molecule has 0 spiro atoms. The van der Waals surface area contributed by atoms with E-state index >= 15 is 0 Å². The molecule has 1 aliphatic rings. The van der Waals surface area contributed by atoms with E-state index in [-0.39, 0.29) is 22.2 Å². The first-order valence-electron chi connectivity index (χ1n) is 6.23. The fourth-order valence-electron chi connectivity index (χ4n) is 2.23. The predicted molar refractivity (Wildman–Crippen MR) is 72.8 cm³/mol. The van der Waals surface area contributed by atoms with Crippen LogP contribution in [-0.2, 0) is 4.79 Å². The van der Waals surface area contributed by atoms with Crippen LogP contribution in [0.1, 0.15) is 47.0 Å². The van der Waals surface area contributed by atoms with Crippen LogP contribution in [0.25, 0.3) is 0 Å². The van der Waals surface area contributed by atoms with E-state index in [4.69, 9.17) is 16.7 Å². The van der Waals surface area contributed by atoms with Gasteiger partial charge in [0.25, 0.3) is 0 Å². The molecule has 6 heteroatoms. The van der Waals surface area contributed by atoms with Crippen LogP contribution in [0.15, 0.2) is 17.7 Å². The maximum Gasteiger partial charge on any atom is 0.354 e. The first kappa shape index (κ1) is 14.7. The van der Waals surface area contributed by atoms with Gasteiger partial charge in [-0.25, -0.2) is 9.78 Å². The first-order chi connectivity index (χ1) is 9.41. The molecule has 1 unspecified atom stereocenters. The molecular weight excluding hydrogens is 282 g/mol. The minimum atomic E-state index is -1.18. The molecule has 5 nitrogen and oxygen atoms in total. The third-order valence-electron chi connectivity index (χ3n) is 3.28. The lowest BCUT2D eigenvalue weighted by Crippen LogP contribution is -2.16. The van der Waals surface area contributed by atoms with E-state index in [2.05, 4.69) is 4.98 Å². The largest absolute Gasteiger partial charge is 0.477 e. The number of carbonyl (C=O) groups excluding carboxylic acids is 1. The first-order valence-corrected chi connectivity index (χ1v) is 6.61. The number of hydrogen-bond donors (Lipinski definition) is 2. The molecule has 0 aliphatic heterocycles. The lowest BCUT2D eigenvalue weighted by molar-refractivity contribution is -0.117. The molecule has 0 bridgehead atoms. The van der Waals surface area contributed by atoms with Crippen LogP contribution < -0.4 is 0 Å². The number of nitrogens with zero attached hydrogens (tertiary/aromatic N) is 1. The molecule has 2 rings (SSSR count). The lowest BCUT2D eigenvalue weighted by atomic mass is 9.90. The van der Waals surface area contributed by atoms with Gasteiger partial charge in [0.15, 0.2) is 11.5 Å². The number of pyridine rings is 1. The summed E-state index contributed by atoms with van der Waals surface area (Å²) in [5.41, 5.74) is 0.799. The van der Waals surface area contributed by atoms with Crippen molar-refractivity contribution in [2.45, 2.75) is 32.3 Å². The van der Waals surface area contributed by atoms with Crippen LogP contribution in [0, 0.1) is 6.92 Å². The van der Waals surface area contributed by atoms with Crippen molar-refractivity contribution in [3.8, 4) is 0 Å². The number of hydrogen-bond acceptors (Lipinski definition) is 4. The Morgan fingerprint density at radius 3 is 2.80 bits per heavy atom. The number of Topliss-reactive ketones (excluding diaryl/α,β-unsaturated/α-hetero) is 1. The molecule has 0 fully saturated rings. The van der Waals surface area contributed by atoms with E-state index in [0.29, 0.717) is 17.6 Å². The number of carboxylic acids is 1. The van der Waals surface area contributed by atoms with Crippen molar-refractivity contribution in [2.75, 3.05) is 0 Å². The molecule has 1 aliphatic carbocycles. The Hall–Kier alpha value is -1.72. The highest BCUT2D eigenvalue weighted by atomic mass is 35.5. The molecule has 1 aromatic heterocycles. The van der Waals surface area contributed by atoms with E-state index < -0.39 is 12.1 Å². The van der Waals surface area contributed by atoms with Crippen molar-refractivity contribution in [3.63, 3.8) is 0 Å². The molecule has 1 atom stereocenters. The second kappa shape index (κ2) is 5.73. The summed E-state index contributed by atoms with van der Waals surface area (Å²) in [7, 11) is 0. The van der Waals surface area contributed by atoms with E-state index in [1.807, 2.05) is 0 Å². The molecule has 0 amide bonds. The monoisotopic (exact) mass is 295 g/mol. The standard InChI is InChI=1S/C14H14ClNO4/c1-7-6-9(13(15)16-11(7)14(19)20)12(18)8-4-2-3-5-10(8)17/h4,6,12,18H,2-3,5H2,1H3,(H,19,20). The van der Waals surface area contributed by atoms with Gasteiger partial charge in [-0.15, -0.1) is 0 Å². The zero-order chi connectivity index (χ0) is 14.9. The summed E-state index contributed by atoms with van der Waals surface area (Å²) in [6.45, 7) is 1.57. The van der Waals surface area contributed by atoms with Crippen molar-refractivity contribution in [2.24, 2.45) is 0 Å². The lowest BCUT2D eigenvalue weighted by Gasteiger charge is -2.19. The number of aliphatic hydroxyl groups excluding tert-OH is 1. The third kappa shape index (κ3) is 2.73. The fourth-order valence-corrected chi connectivity index (χ4v) is 2.47. The number of aliphatic hydroxyl groups is 1. The number of allylic oxidation sites excluding steroid dienone is 1. The van der Waals surface area contributed by atoms with E-state index in [1.54, 1.807) is 13.0 Å². The molecule has 106 valence electrons. The van der Waals surface area contributed by atoms with Crippen LogP contribution in [0.3, 0.4) is 0 Å². The van der Waals surface area contributed by atoms with Crippen molar-refractivity contribution >= 4 is 23.4 Å². The molecule has 1 aromatic rings. The number of halogens is 1. The summed E-state index contributed by atoms with van der Waals surface area (Å²) < 4.78 is 0. The average Bonchev–Trinajstić information content (AvgIpc) is 2.40. The summed E-state index contributed by atoms with van der Waals surface area (Å²) in [6, 6.07) is 1.46. The Morgan fingerprint density at radius 2 is 2.20 bits per heavy atom. The summed E-state index contributed by atoms with van der Waals surface area (Å²) in [4.78, 5) is 26.5. The smallest absolute Gasteiger partial charge is 0.354 e. The number of ketones is 1. The highest BCUT2D eigenvalue weighted by molar-refractivity contribution is 6.30. The molecule has 2 N–H and O–H groups in total. The zero-order valence-corrected chi connectivity index (χ0v) is 11.6. The van der Waals surface area contributed by atoms with Gasteiger partial charge in [-0.05, 0) is 31.4 Å². The van der Waals surface area contributed by atoms with Gasteiger partial charge in [0.05, 0.1) is 0 Å². The van der Waals surface area contributed by atoms with Gasteiger partial charge >= 0.3 is 5.97 Å². The van der Waals surface area contributed by atoms with Crippen molar-refractivity contribution in [1.29, 1.82) is 0 Å². The molecular formula is C14H14ClNO4. The van der Waals surface area contributed by atoms with E-state index in [0.717, 1.165) is 12.8 Å². The van der Waals surface area contributed by atoms with Gasteiger partial charge < -0.3 is 10.2 Å². The topological polar surface area (TPSA) is 87.5 Å². The van der Waals surface area contributed by atoms with Crippen LogP contribution in [-0.4, -0.2) is 26.9 Å². The van der Waals surface area contributed by atoms with E-state index in [9.17, 15) is 14.7 Å². The number of carboxylic acid groups (broad SMARTS) is 1. The predicted octanol–water partition coefficient (Wildman–Crippen LogP) is 2.45. The summed E-state index contributed by atoms with van der Waals surface area (Å²) >= 11 is 5.93. The highest BCUT2D eigenvalue weighted by Gasteiger charge is 2.26. The van der Waals surface area contributed by atoms with Gasteiger partial charge in [0, 0.05) is 17.6 Å². The Labute approximate surface area is 120 Å². The summed E-state index contributed by atoms with van der Waals surface area (Å²) in [5.74, 6) is -1.29. The minimum Gasteiger partial charge on any atom is -0.477 e. The quantitative estimate of drug-likeness (QED) is 0.836. The average molecular weight is 296 g/mol. The zero-order valence-electron chi connectivity index (χ0n) is 10.9. The number of rotatable bonds is 3. The second-order valence-electron chi connectivity index (χ2n) is 4.72. The second-order valence-corrected chi connectivity index (χ2v) is 5.07. The van der Waals surface area contributed by atoms with Crippen molar-refractivity contribution < 1.29 is 19.8 Å². The Bertz CT molecular complexity index is 609. The number of aromatic carboxylic acids is 1. The normalized spacial score (nSPS) is 16.8. The summed E-state index contributed by atoms with van der Waals surface area (Å²) in [6.07, 6.45) is 2.45. The number of aromatic nitrogens is 1. The maximum absolute atomic E-state index is 11.8. The van der Waals surface area contributed by atoms with Crippen molar-refractivity contribution in [3.05, 3.63) is 39.7 Å². The van der Waals surface area contributed by atoms with Crippen LogP contribution in [0.4, 0.5) is 0 Å². The van der Waals surface area contributed by atoms with E-state index in [1.165, 1.54) is 6.07 Å². The molecule has 0 saturated heterocycles. The minimum absolute atomic E-state index is 0.0974. The van der Waals surface area contributed by atoms with Gasteiger partial charge in [-0.3, -0.25) is 4.79 Å². The highest BCUT2D eigenvalue weighted by Crippen LogP contribution is 2.32. The summed E-state index contributed by atoms with van der Waals surface area (Å²) in [5, 5.41) is 19.2. The molecule has 20 heavy (non-hydrogen) atoms.